The standard InChI is InChI=1S/C13H20FN3O/c1-3-17(9-13(18)16-2)8-11-4-10(7-15)5-12(14)6-11/h4-6H,3,7-9,15H2,1-2H3,(H,16,18). The van der Waals surface area contributed by atoms with E-state index in [1.165, 1.54) is 12.1 Å². The van der Waals surface area contributed by atoms with Crippen LogP contribution in [0.15, 0.2) is 18.2 Å². The molecule has 0 atom stereocenters. The van der Waals surface area contributed by atoms with E-state index < -0.39 is 0 Å². The van der Waals surface area contributed by atoms with E-state index in [1.54, 1.807) is 7.05 Å². The second-order valence-corrected chi connectivity index (χ2v) is 4.15. The average molecular weight is 253 g/mol. The van der Waals surface area contributed by atoms with Gasteiger partial charge in [0.25, 0.3) is 0 Å². The Kier molecular flexibility index (Phi) is 5.74. The molecule has 0 aliphatic carbocycles. The fraction of sp³-hybridized carbons (Fsp3) is 0.462. The van der Waals surface area contributed by atoms with Gasteiger partial charge in [0.1, 0.15) is 5.82 Å². The van der Waals surface area contributed by atoms with E-state index in [1.807, 2.05) is 17.9 Å². The second-order valence-electron chi connectivity index (χ2n) is 4.15. The van der Waals surface area contributed by atoms with Crippen molar-refractivity contribution in [1.82, 2.24) is 10.2 Å². The minimum Gasteiger partial charge on any atom is -0.358 e. The van der Waals surface area contributed by atoms with Gasteiger partial charge in [0, 0.05) is 20.1 Å². The highest BCUT2D eigenvalue weighted by Crippen LogP contribution is 2.11. The third-order valence-corrected chi connectivity index (χ3v) is 2.75. The van der Waals surface area contributed by atoms with Crippen molar-refractivity contribution in [2.45, 2.75) is 20.0 Å². The SMILES string of the molecule is CCN(CC(=O)NC)Cc1cc(F)cc(CN)c1. The number of nitrogens with two attached hydrogens (primary N) is 1. The van der Waals surface area contributed by atoms with Crippen molar-refractivity contribution in [2.75, 3.05) is 20.1 Å². The molecule has 0 radical (unpaired) electrons. The van der Waals surface area contributed by atoms with E-state index in [0.29, 0.717) is 19.6 Å². The maximum atomic E-state index is 13.3. The van der Waals surface area contributed by atoms with Crippen molar-refractivity contribution < 1.29 is 9.18 Å². The zero-order valence-electron chi connectivity index (χ0n) is 10.9. The molecule has 1 aromatic rings. The lowest BCUT2D eigenvalue weighted by atomic mass is 10.1. The van der Waals surface area contributed by atoms with Gasteiger partial charge in [-0.3, -0.25) is 9.69 Å². The molecule has 0 heterocycles. The third-order valence-electron chi connectivity index (χ3n) is 2.75. The number of amides is 1. The van der Waals surface area contributed by atoms with Gasteiger partial charge in [-0.15, -0.1) is 0 Å². The molecule has 100 valence electrons. The number of benzene rings is 1. The van der Waals surface area contributed by atoms with Gasteiger partial charge in [0.2, 0.25) is 5.91 Å². The number of carbonyl (C=O) groups excluding carboxylic acids is 1. The minimum absolute atomic E-state index is 0.0488. The molecule has 0 aliphatic rings. The summed E-state index contributed by atoms with van der Waals surface area (Å²) in [4.78, 5) is 13.3. The van der Waals surface area contributed by atoms with Crippen molar-refractivity contribution in [1.29, 1.82) is 0 Å². The Morgan fingerprint density at radius 3 is 2.61 bits per heavy atom. The van der Waals surface area contributed by atoms with Crippen molar-refractivity contribution in [3.63, 3.8) is 0 Å². The highest BCUT2D eigenvalue weighted by atomic mass is 19.1. The number of hydrogen-bond acceptors (Lipinski definition) is 3. The first-order valence-corrected chi connectivity index (χ1v) is 6.00. The number of nitrogens with zero attached hydrogens (tertiary/aromatic N) is 1. The molecular formula is C13H20FN3O. The Morgan fingerprint density at radius 1 is 1.39 bits per heavy atom. The monoisotopic (exact) mass is 253 g/mol. The number of likely N-dealkylation sites (N-methyl/N-ethyl adjacent to an activating group) is 2. The number of nitrogens with one attached hydrogen (secondary N) is 1. The van der Waals surface area contributed by atoms with E-state index >= 15 is 0 Å². The third kappa shape index (κ3) is 4.43. The molecule has 1 rings (SSSR count). The van der Waals surface area contributed by atoms with Crippen LogP contribution in [0.4, 0.5) is 4.39 Å². The summed E-state index contributed by atoms with van der Waals surface area (Å²) in [6, 6.07) is 4.78. The topological polar surface area (TPSA) is 58.4 Å². The Labute approximate surface area is 107 Å². The second kappa shape index (κ2) is 7.08. The maximum Gasteiger partial charge on any atom is 0.233 e. The summed E-state index contributed by atoms with van der Waals surface area (Å²) in [5, 5.41) is 2.57. The molecule has 0 saturated heterocycles. The van der Waals surface area contributed by atoms with Gasteiger partial charge in [-0.25, -0.2) is 4.39 Å². The van der Waals surface area contributed by atoms with Crippen molar-refractivity contribution in [3.8, 4) is 0 Å². The van der Waals surface area contributed by atoms with Gasteiger partial charge in [0.15, 0.2) is 0 Å². The van der Waals surface area contributed by atoms with Crippen molar-refractivity contribution in [2.24, 2.45) is 5.73 Å². The van der Waals surface area contributed by atoms with Crippen LogP contribution < -0.4 is 11.1 Å². The van der Waals surface area contributed by atoms with Gasteiger partial charge in [0.05, 0.1) is 6.54 Å². The molecule has 18 heavy (non-hydrogen) atoms. The van der Waals surface area contributed by atoms with Crippen LogP contribution in [0.25, 0.3) is 0 Å². The zero-order chi connectivity index (χ0) is 13.5. The van der Waals surface area contributed by atoms with Crippen LogP contribution in [0.2, 0.25) is 0 Å². The van der Waals surface area contributed by atoms with Gasteiger partial charge in [-0.05, 0) is 29.8 Å². The number of rotatable bonds is 6. The molecule has 0 unspecified atom stereocenters. The van der Waals surface area contributed by atoms with Crippen LogP contribution in [-0.2, 0) is 17.9 Å². The van der Waals surface area contributed by atoms with Crippen LogP contribution >= 0.6 is 0 Å². The largest absolute Gasteiger partial charge is 0.358 e. The molecule has 5 heteroatoms. The highest BCUT2D eigenvalue weighted by molar-refractivity contribution is 5.77. The molecule has 0 bridgehead atoms. The van der Waals surface area contributed by atoms with E-state index in [2.05, 4.69) is 5.32 Å². The van der Waals surface area contributed by atoms with Crippen molar-refractivity contribution in [3.05, 3.63) is 35.1 Å². The van der Waals surface area contributed by atoms with Crippen LogP contribution in [0.1, 0.15) is 18.1 Å². The predicted octanol–water partition coefficient (Wildman–Crippen LogP) is 0.852. The van der Waals surface area contributed by atoms with E-state index in [0.717, 1.165) is 17.7 Å². The summed E-state index contributed by atoms with van der Waals surface area (Å²) < 4.78 is 13.3. The summed E-state index contributed by atoms with van der Waals surface area (Å²) in [6.07, 6.45) is 0. The van der Waals surface area contributed by atoms with E-state index in [4.69, 9.17) is 5.73 Å². The normalized spacial score (nSPS) is 10.7. The van der Waals surface area contributed by atoms with Crippen LogP contribution in [0.3, 0.4) is 0 Å². The highest BCUT2D eigenvalue weighted by Gasteiger charge is 2.09. The number of halogens is 1. The van der Waals surface area contributed by atoms with Gasteiger partial charge in [-0.1, -0.05) is 13.0 Å². The Bertz CT molecular complexity index is 409. The fourth-order valence-corrected chi connectivity index (χ4v) is 1.75. The Balaban J connectivity index is 2.74. The lowest BCUT2D eigenvalue weighted by molar-refractivity contribution is -0.121. The first kappa shape index (κ1) is 14.6. The van der Waals surface area contributed by atoms with Crippen LogP contribution in [0.5, 0.6) is 0 Å². The molecule has 0 fully saturated rings. The fourth-order valence-electron chi connectivity index (χ4n) is 1.75. The first-order valence-electron chi connectivity index (χ1n) is 6.00. The molecular weight excluding hydrogens is 233 g/mol. The van der Waals surface area contributed by atoms with Gasteiger partial charge < -0.3 is 11.1 Å². The summed E-state index contributed by atoms with van der Waals surface area (Å²) in [5.74, 6) is -0.337. The molecule has 1 aromatic carbocycles. The Morgan fingerprint density at radius 2 is 2.06 bits per heavy atom. The van der Waals surface area contributed by atoms with Crippen LogP contribution in [0, 0.1) is 5.82 Å². The maximum absolute atomic E-state index is 13.3. The lowest BCUT2D eigenvalue weighted by Crippen LogP contribution is -2.35. The Hall–Kier alpha value is -1.46. The summed E-state index contributed by atoms with van der Waals surface area (Å²) in [5.41, 5.74) is 7.11. The zero-order valence-corrected chi connectivity index (χ0v) is 10.9. The molecule has 0 saturated carbocycles. The van der Waals surface area contributed by atoms with E-state index in [-0.39, 0.29) is 11.7 Å². The van der Waals surface area contributed by atoms with Crippen LogP contribution in [-0.4, -0.2) is 30.9 Å². The number of hydrogen-bond donors (Lipinski definition) is 2. The average Bonchev–Trinajstić information content (AvgIpc) is 2.36. The molecule has 3 N–H and O–H groups in total. The predicted molar refractivity (Wildman–Crippen MR) is 69.3 cm³/mol. The first-order chi connectivity index (χ1) is 8.58. The summed E-state index contributed by atoms with van der Waals surface area (Å²) in [7, 11) is 1.60. The summed E-state index contributed by atoms with van der Waals surface area (Å²) >= 11 is 0. The van der Waals surface area contributed by atoms with Gasteiger partial charge >= 0.3 is 0 Å². The van der Waals surface area contributed by atoms with Crippen molar-refractivity contribution >= 4 is 5.91 Å². The molecule has 4 nitrogen and oxygen atoms in total. The van der Waals surface area contributed by atoms with Gasteiger partial charge in [-0.2, -0.15) is 0 Å². The minimum atomic E-state index is -0.288. The smallest absolute Gasteiger partial charge is 0.233 e. The van der Waals surface area contributed by atoms with E-state index in [9.17, 15) is 9.18 Å². The number of carbonyl (C=O) groups is 1. The molecule has 1 amide bonds. The molecule has 0 aromatic heterocycles. The molecule has 0 spiro atoms. The summed E-state index contributed by atoms with van der Waals surface area (Å²) in [6.45, 7) is 3.84. The quantitative estimate of drug-likeness (QED) is 0.790. The lowest BCUT2D eigenvalue weighted by Gasteiger charge is -2.19. The molecule has 0 aliphatic heterocycles.